The molecule has 0 spiro atoms. The van der Waals surface area contributed by atoms with Crippen molar-refractivity contribution in [1.29, 1.82) is 0 Å². The molecule has 126 valence electrons. The first-order valence-electron chi connectivity index (χ1n) is 8.19. The fourth-order valence-electron chi connectivity index (χ4n) is 2.84. The van der Waals surface area contributed by atoms with Crippen molar-refractivity contribution in [2.45, 2.75) is 45.6 Å². The van der Waals surface area contributed by atoms with Crippen molar-refractivity contribution in [2.75, 3.05) is 24.5 Å². The van der Waals surface area contributed by atoms with Crippen molar-refractivity contribution in [3.8, 4) is 0 Å². The summed E-state index contributed by atoms with van der Waals surface area (Å²) in [5, 5.41) is 9.89. The van der Waals surface area contributed by atoms with Crippen molar-refractivity contribution in [2.24, 2.45) is 0 Å². The molecule has 1 saturated heterocycles. The summed E-state index contributed by atoms with van der Waals surface area (Å²) in [5.41, 5.74) is 0.915. The lowest BCUT2D eigenvalue weighted by atomic mass is 10.1. The Morgan fingerprint density at radius 3 is 2.43 bits per heavy atom. The van der Waals surface area contributed by atoms with Gasteiger partial charge in [-0.3, -0.25) is 9.59 Å². The van der Waals surface area contributed by atoms with Gasteiger partial charge in [-0.05, 0) is 44.9 Å². The van der Waals surface area contributed by atoms with Gasteiger partial charge in [0.2, 0.25) is 11.8 Å². The summed E-state index contributed by atoms with van der Waals surface area (Å²) in [6.45, 7) is 6.97. The van der Waals surface area contributed by atoms with E-state index in [-0.39, 0.29) is 11.8 Å². The van der Waals surface area contributed by atoms with E-state index in [1.165, 1.54) is 0 Å². The second-order valence-electron chi connectivity index (χ2n) is 6.71. The molecule has 2 amide bonds. The lowest BCUT2D eigenvalue weighted by Crippen LogP contribution is -2.42. The summed E-state index contributed by atoms with van der Waals surface area (Å²) in [7, 11) is 0. The molecule has 1 heterocycles. The van der Waals surface area contributed by atoms with Crippen molar-refractivity contribution in [3.05, 3.63) is 29.8 Å². The summed E-state index contributed by atoms with van der Waals surface area (Å²) in [6, 6.07) is 7.60. The first kappa shape index (κ1) is 17.5. The zero-order valence-electron chi connectivity index (χ0n) is 14.2. The van der Waals surface area contributed by atoms with Crippen LogP contribution in [0, 0.1) is 0 Å². The highest BCUT2D eigenvalue weighted by Crippen LogP contribution is 2.22. The van der Waals surface area contributed by atoms with E-state index in [9.17, 15) is 14.7 Å². The summed E-state index contributed by atoms with van der Waals surface area (Å²) in [4.78, 5) is 27.6. The molecule has 0 aliphatic carbocycles. The molecule has 0 bridgehead atoms. The third kappa shape index (κ3) is 4.79. The molecule has 1 fully saturated rings. The normalized spacial score (nSPS) is 15.1. The van der Waals surface area contributed by atoms with Gasteiger partial charge in [0.1, 0.15) is 0 Å². The average molecular weight is 318 g/mol. The van der Waals surface area contributed by atoms with E-state index in [1.54, 1.807) is 23.6 Å². The largest absolute Gasteiger partial charge is 0.389 e. The molecule has 1 aromatic carbocycles. The Morgan fingerprint density at radius 2 is 1.96 bits per heavy atom. The SMILES string of the molecule is CCN(CC(C)(C)O)C(=O)Cc1ccc(N2CCCC2=O)cc1. The lowest BCUT2D eigenvalue weighted by molar-refractivity contribution is -0.133. The third-order valence-corrected chi connectivity index (χ3v) is 3.99. The van der Waals surface area contributed by atoms with E-state index < -0.39 is 5.60 Å². The Bertz CT molecular complexity index is 561. The smallest absolute Gasteiger partial charge is 0.227 e. The summed E-state index contributed by atoms with van der Waals surface area (Å²) in [6.07, 6.45) is 1.82. The maximum Gasteiger partial charge on any atom is 0.227 e. The zero-order valence-corrected chi connectivity index (χ0v) is 14.2. The highest BCUT2D eigenvalue weighted by molar-refractivity contribution is 5.95. The van der Waals surface area contributed by atoms with E-state index in [2.05, 4.69) is 0 Å². The van der Waals surface area contributed by atoms with Gasteiger partial charge in [0.05, 0.1) is 12.0 Å². The Balaban J connectivity index is 1.99. The monoisotopic (exact) mass is 318 g/mol. The van der Waals surface area contributed by atoms with E-state index in [0.717, 1.165) is 24.2 Å². The predicted molar refractivity (Wildman–Crippen MR) is 90.3 cm³/mol. The van der Waals surface area contributed by atoms with Crippen molar-refractivity contribution < 1.29 is 14.7 Å². The number of anilines is 1. The van der Waals surface area contributed by atoms with Gasteiger partial charge in [0.25, 0.3) is 0 Å². The van der Waals surface area contributed by atoms with Crippen LogP contribution in [0.4, 0.5) is 5.69 Å². The number of nitrogens with zero attached hydrogens (tertiary/aromatic N) is 2. The lowest BCUT2D eigenvalue weighted by Gasteiger charge is -2.28. The van der Waals surface area contributed by atoms with Gasteiger partial charge < -0.3 is 14.9 Å². The minimum atomic E-state index is -0.897. The minimum absolute atomic E-state index is 0.000348. The number of carbonyl (C=O) groups excluding carboxylic acids is 2. The van der Waals surface area contributed by atoms with Gasteiger partial charge in [0.15, 0.2) is 0 Å². The van der Waals surface area contributed by atoms with Gasteiger partial charge in [-0.25, -0.2) is 0 Å². The number of aliphatic hydroxyl groups is 1. The van der Waals surface area contributed by atoms with Crippen molar-refractivity contribution in [3.63, 3.8) is 0 Å². The Hall–Kier alpha value is -1.88. The van der Waals surface area contributed by atoms with Gasteiger partial charge in [0, 0.05) is 31.7 Å². The Kier molecular flexibility index (Phi) is 5.42. The third-order valence-electron chi connectivity index (χ3n) is 3.99. The molecule has 0 unspecified atom stereocenters. The molecule has 0 radical (unpaired) electrons. The molecule has 0 aromatic heterocycles. The van der Waals surface area contributed by atoms with Crippen LogP contribution >= 0.6 is 0 Å². The highest BCUT2D eigenvalue weighted by Gasteiger charge is 2.23. The van der Waals surface area contributed by atoms with Gasteiger partial charge in [-0.15, -0.1) is 0 Å². The number of hydrogen-bond acceptors (Lipinski definition) is 3. The summed E-state index contributed by atoms with van der Waals surface area (Å²) >= 11 is 0. The van der Waals surface area contributed by atoms with Crippen LogP contribution in [-0.2, 0) is 16.0 Å². The Labute approximate surface area is 137 Å². The van der Waals surface area contributed by atoms with Crippen LogP contribution in [0.1, 0.15) is 39.2 Å². The highest BCUT2D eigenvalue weighted by atomic mass is 16.3. The van der Waals surface area contributed by atoms with Gasteiger partial charge in [-0.2, -0.15) is 0 Å². The van der Waals surface area contributed by atoms with E-state index in [0.29, 0.717) is 25.9 Å². The number of benzene rings is 1. The quantitative estimate of drug-likeness (QED) is 0.872. The fourth-order valence-corrected chi connectivity index (χ4v) is 2.84. The van der Waals surface area contributed by atoms with Crippen LogP contribution in [0.3, 0.4) is 0 Å². The second kappa shape index (κ2) is 7.13. The summed E-state index contributed by atoms with van der Waals surface area (Å²) in [5.74, 6) is 0.163. The number of carbonyl (C=O) groups is 2. The average Bonchev–Trinajstić information content (AvgIpc) is 2.90. The molecule has 0 saturated carbocycles. The van der Waals surface area contributed by atoms with Crippen LogP contribution in [0.25, 0.3) is 0 Å². The van der Waals surface area contributed by atoms with E-state index >= 15 is 0 Å². The molecule has 5 heteroatoms. The molecule has 0 atom stereocenters. The van der Waals surface area contributed by atoms with Crippen molar-refractivity contribution in [1.82, 2.24) is 4.90 Å². The Morgan fingerprint density at radius 1 is 1.30 bits per heavy atom. The van der Waals surface area contributed by atoms with Gasteiger partial charge >= 0.3 is 0 Å². The van der Waals surface area contributed by atoms with Crippen LogP contribution in [0.2, 0.25) is 0 Å². The minimum Gasteiger partial charge on any atom is -0.389 e. The molecule has 23 heavy (non-hydrogen) atoms. The first-order chi connectivity index (χ1) is 10.8. The molecule has 1 aliphatic heterocycles. The first-order valence-corrected chi connectivity index (χ1v) is 8.19. The van der Waals surface area contributed by atoms with Crippen LogP contribution in [0.15, 0.2) is 24.3 Å². The molecule has 1 aromatic rings. The molecule has 2 rings (SSSR count). The molecule has 1 N–H and O–H groups in total. The topological polar surface area (TPSA) is 60.9 Å². The fraction of sp³-hybridized carbons (Fsp3) is 0.556. The number of rotatable bonds is 6. The summed E-state index contributed by atoms with van der Waals surface area (Å²) < 4.78 is 0. The molecular weight excluding hydrogens is 292 g/mol. The van der Waals surface area contributed by atoms with E-state index in [1.807, 2.05) is 31.2 Å². The number of hydrogen-bond donors (Lipinski definition) is 1. The molecule has 1 aliphatic rings. The maximum atomic E-state index is 12.4. The molecule has 5 nitrogen and oxygen atoms in total. The number of amides is 2. The second-order valence-corrected chi connectivity index (χ2v) is 6.71. The molecular formula is C18H26N2O3. The van der Waals surface area contributed by atoms with Crippen LogP contribution < -0.4 is 4.90 Å². The van der Waals surface area contributed by atoms with Crippen LogP contribution in [-0.4, -0.2) is 47.1 Å². The van der Waals surface area contributed by atoms with E-state index in [4.69, 9.17) is 0 Å². The number of likely N-dealkylation sites (N-methyl/N-ethyl adjacent to an activating group) is 1. The van der Waals surface area contributed by atoms with Gasteiger partial charge in [-0.1, -0.05) is 12.1 Å². The van der Waals surface area contributed by atoms with Crippen LogP contribution in [0.5, 0.6) is 0 Å². The standard InChI is InChI=1S/C18H26N2O3/c1-4-19(13-18(2,3)23)17(22)12-14-7-9-15(10-8-14)20-11-5-6-16(20)21/h7-10,23H,4-6,11-13H2,1-3H3. The predicted octanol–water partition coefficient (Wildman–Crippen LogP) is 1.98. The zero-order chi connectivity index (χ0) is 17.0. The van der Waals surface area contributed by atoms with Crippen molar-refractivity contribution >= 4 is 17.5 Å². The maximum absolute atomic E-state index is 12.4.